The van der Waals surface area contributed by atoms with Gasteiger partial charge < -0.3 is 10.6 Å². The molecule has 0 aliphatic rings. The Labute approximate surface area is 172 Å². The van der Waals surface area contributed by atoms with Gasteiger partial charge in [-0.25, -0.2) is 9.67 Å². The summed E-state index contributed by atoms with van der Waals surface area (Å²) in [5, 5.41) is 20.4. The van der Waals surface area contributed by atoms with Crippen molar-refractivity contribution in [2.75, 3.05) is 11.9 Å². The average Bonchev–Trinajstić information content (AvgIpc) is 3.21. The first-order valence-electron chi connectivity index (χ1n) is 9.25. The molecule has 1 heterocycles. The largest absolute Gasteiger partial charge is 0.345 e. The Morgan fingerprint density at radius 2 is 1.93 bits per heavy atom. The molecule has 0 aliphatic carbocycles. The van der Waals surface area contributed by atoms with Gasteiger partial charge in [-0.2, -0.15) is 5.10 Å². The molecule has 0 saturated heterocycles. The zero-order valence-corrected chi connectivity index (χ0v) is 16.2. The van der Waals surface area contributed by atoms with Crippen LogP contribution in [0.2, 0.25) is 0 Å². The van der Waals surface area contributed by atoms with Gasteiger partial charge >= 0.3 is 0 Å². The van der Waals surface area contributed by atoms with Crippen LogP contribution in [-0.2, 0) is 22.6 Å². The summed E-state index contributed by atoms with van der Waals surface area (Å²) >= 11 is 0. The van der Waals surface area contributed by atoms with Gasteiger partial charge in [0.2, 0.25) is 11.8 Å². The van der Waals surface area contributed by atoms with Crippen LogP contribution in [0, 0.1) is 10.1 Å². The lowest BCUT2D eigenvalue weighted by Gasteiger charge is -2.10. The molecule has 10 nitrogen and oxygen atoms in total. The smallest absolute Gasteiger partial charge is 0.270 e. The van der Waals surface area contributed by atoms with Crippen LogP contribution in [0.5, 0.6) is 0 Å². The number of amides is 2. The summed E-state index contributed by atoms with van der Waals surface area (Å²) in [5.41, 5.74) is 2.13. The average molecular weight is 408 g/mol. The Bertz CT molecular complexity index is 1080. The van der Waals surface area contributed by atoms with Crippen molar-refractivity contribution >= 4 is 23.2 Å². The highest BCUT2D eigenvalue weighted by molar-refractivity contribution is 5.95. The maximum Gasteiger partial charge on any atom is 0.270 e. The van der Waals surface area contributed by atoms with Gasteiger partial charge in [0.25, 0.3) is 5.69 Å². The number of aryl methyl sites for hydroxylation is 1. The second-order valence-electron chi connectivity index (χ2n) is 6.41. The number of benzene rings is 2. The van der Waals surface area contributed by atoms with Gasteiger partial charge in [0, 0.05) is 23.4 Å². The van der Waals surface area contributed by atoms with Crippen LogP contribution in [0.3, 0.4) is 0 Å². The molecule has 2 N–H and O–H groups in total. The third-order valence-corrected chi connectivity index (χ3v) is 4.28. The van der Waals surface area contributed by atoms with Gasteiger partial charge in [-0.3, -0.25) is 19.7 Å². The number of para-hydroxylation sites is 1. The predicted octanol–water partition coefficient (Wildman–Crippen LogP) is 2.17. The first kappa shape index (κ1) is 20.6. The highest BCUT2D eigenvalue weighted by Gasteiger charge is 2.12. The summed E-state index contributed by atoms with van der Waals surface area (Å²) < 4.78 is 1.30. The zero-order valence-electron chi connectivity index (χ0n) is 16.2. The number of anilines is 1. The van der Waals surface area contributed by atoms with E-state index in [0.29, 0.717) is 5.56 Å². The molecule has 3 aromatic rings. The summed E-state index contributed by atoms with van der Waals surface area (Å²) in [4.78, 5) is 38.7. The number of non-ortho nitro benzene ring substituents is 1. The van der Waals surface area contributed by atoms with Crippen molar-refractivity contribution in [2.45, 2.75) is 19.9 Å². The molecule has 0 aliphatic heterocycles. The molecule has 0 spiro atoms. The lowest BCUT2D eigenvalue weighted by atomic mass is 10.1. The molecule has 3 rings (SSSR count). The number of nitrogens with one attached hydrogen (secondary N) is 2. The van der Waals surface area contributed by atoms with Crippen molar-refractivity contribution in [3.8, 4) is 11.4 Å². The highest BCUT2D eigenvalue weighted by Crippen LogP contribution is 2.20. The third kappa shape index (κ3) is 5.25. The Hall–Kier alpha value is -4.08. The first-order chi connectivity index (χ1) is 14.5. The molecular formula is C20H20N6O4. The Kier molecular flexibility index (Phi) is 6.48. The van der Waals surface area contributed by atoms with Crippen molar-refractivity contribution in [2.24, 2.45) is 0 Å². The minimum atomic E-state index is -0.502. The van der Waals surface area contributed by atoms with Gasteiger partial charge in [0.15, 0.2) is 5.82 Å². The van der Waals surface area contributed by atoms with E-state index in [1.165, 1.54) is 29.2 Å². The van der Waals surface area contributed by atoms with E-state index in [1.54, 1.807) is 6.07 Å². The molecule has 2 amide bonds. The van der Waals surface area contributed by atoms with Gasteiger partial charge in [-0.05, 0) is 18.1 Å². The Morgan fingerprint density at radius 1 is 1.13 bits per heavy atom. The number of hydrogen-bond donors (Lipinski definition) is 2. The molecule has 30 heavy (non-hydrogen) atoms. The number of nitro groups is 1. The summed E-state index contributed by atoms with van der Waals surface area (Å²) in [6, 6.07) is 13.4. The fourth-order valence-corrected chi connectivity index (χ4v) is 2.79. The Morgan fingerprint density at radius 3 is 2.70 bits per heavy atom. The van der Waals surface area contributed by atoms with E-state index in [1.807, 2.05) is 31.2 Å². The molecule has 0 unspecified atom stereocenters. The maximum absolute atomic E-state index is 12.1. The minimum Gasteiger partial charge on any atom is -0.345 e. The molecule has 10 heteroatoms. The van der Waals surface area contributed by atoms with Crippen LogP contribution in [0.4, 0.5) is 11.4 Å². The van der Waals surface area contributed by atoms with E-state index >= 15 is 0 Å². The molecule has 0 fully saturated rings. The molecule has 2 aromatic carbocycles. The zero-order chi connectivity index (χ0) is 21.5. The molecule has 0 bridgehead atoms. The molecule has 154 valence electrons. The second-order valence-corrected chi connectivity index (χ2v) is 6.41. The third-order valence-electron chi connectivity index (χ3n) is 4.28. The van der Waals surface area contributed by atoms with E-state index in [-0.39, 0.29) is 30.5 Å². The van der Waals surface area contributed by atoms with E-state index in [4.69, 9.17) is 0 Å². The molecular weight excluding hydrogens is 388 g/mol. The topological polar surface area (TPSA) is 132 Å². The van der Waals surface area contributed by atoms with E-state index in [2.05, 4.69) is 20.7 Å². The van der Waals surface area contributed by atoms with Crippen LogP contribution in [-0.4, -0.2) is 38.0 Å². The van der Waals surface area contributed by atoms with Crippen molar-refractivity contribution in [3.05, 3.63) is 70.5 Å². The van der Waals surface area contributed by atoms with Gasteiger partial charge in [-0.15, -0.1) is 0 Å². The molecule has 0 atom stereocenters. The Balaban J connectivity index is 1.54. The van der Waals surface area contributed by atoms with Gasteiger partial charge in [0.1, 0.15) is 12.9 Å². The van der Waals surface area contributed by atoms with E-state index in [9.17, 15) is 19.7 Å². The summed E-state index contributed by atoms with van der Waals surface area (Å²) in [6.45, 7) is 1.68. The van der Waals surface area contributed by atoms with E-state index in [0.717, 1.165) is 17.7 Å². The summed E-state index contributed by atoms with van der Waals surface area (Å²) in [7, 11) is 0. The van der Waals surface area contributed by atoms with Crippen molar-refractivity contribution in [1.82, 2.24) is 20.1 Å². The van der Waals surface area contributed by atoms with Crippen molar-refractivity contribution < 1.29 is 14.5 Å². The first-order valence-corrected chi connectivity index (χ1v) is 9.25. The van der Waals surface area contributed by atoms with Crippen LogP contribution >= 0.6 is 0 Å². The fraction of sp³-hybridized carbons (Fsp3) is 0.200. The predicted molar refractivity (Wildman–Crippen MR) is 110 cm³/mol. The standard InChI is InChI=1S/C20H20N6O4/c1-2-14-6-3-4-9-17(14)23-18(27)11-21-19(28)12-25-13-22-20(24-25)15-7-5-8-16(10-15)26(29)30/h3-10,13H,2,11-12H2,1H3,(H,21,28)(H,23,27). The SMILES string of the molecule is CCc1ccccc1NC(=O)CNC(=O)Cn1cnc(-c2cccc([N+](=O)[O-])c2)n1. The lowest BCUT2D eigenvalue weighted by molar-refractivity contribution is -0.384. The number of nitro benzene ring substituents is 1. The second kappa shape index (κ2) is 9.41. The molecule has 0 saturated carbocycles. The van der Waals surface area contributed by atoms with Crippen molar-refractivity contribution in [3.63, 3.8) is 0 Å². The molecule has 0 radical (unpaired) electrons. The molecule has 1 aromatic heterocycles. The highest BCUT2D eigenvalue weighted by atomic mass is 16.6. The van der Waals surface area contributed by atoms with Crippen molar-refractivity contribution in [1.29, 1.82) is 0 Å². The fourth-order valence-electron chi connectivity index (χ4n) is 2.79. The number of carbonyl (C=O) groups excluding carboxylic acids is 2. The summed E-state index contributed by atoms with van der Waals surface area (Å²) in [6.07, 6.45) is 2.13. The summed E-state index contributed by atoms with van der Waals surface area (Å²) in [5.74, 6) is -0.482. The van der Waals surface area contributed by atoms with Crippen LogP contribution in [0.25, 0.3) is 11.4 Å². The maximum atomic E-state index is 12.1. The minimum absolute atomic E-state index is 0.0720. The number of hydrogen-bond acceptors (Lipinski definition) is 6. The monoisotopic (exact) mass is 408 g/mol. The quantitative estimate of drug-likeness (QED) is 0.434. The number of aromatic nitrogens is 3. The lowest BCUT2D eigenvalue weighted by Crippen LogP contribution is -2.35. The van der Waals surface area contributed by atoms with Gasteiger partial charge in [-0.1, -0.05) is 37.3 Å². The van der Waals surface area contributed by atoms with Crippen LogP contribution < -0.4 is 10.6 Å². The van der Waals surface area contributed by atoms with Crippen LogP contribution in [0.1, 0.15) is 12.5 Å². The van der Waals surface area contributed by atoms with Gasteiger partial charge in [0.05, 0.1) is 11.5 Å². The number of rotatable bonds is 8. The van der Waals surface area contributed by atoms with Crippen LogP contribution in [0.15, 0.2) is 54.9 Å². The number of carbonyl (C=O) groups is 2. The van der Waals surface area contributed by atoms with E-state index < -0.39 is 10.8 Å². The number of nitrogens with zero attached hydrogens (tertiary/aromatic N) is 4. The normalized spacial score (nSPS) is 10.4.